The highest BCUT2D eigenvalue weighted by Gasteiger charge is 2.25. The Morgan fingerprint density at radius 3 is 2.65 bits per heavy atom. The van der Waals surface area contributed by atoms with Crippen LogP contribution in [0.5, 0.6) is 0 Å². The number of aryl methyl sites for hydroxylation is 2. The van der Waals surface area contributed by atoms with Gasteiger partial charge >= 0.3 is 0 Å². The van der Waals surface area contributed by atoms with Crippen LogP contribution in [0.3, 0.4) is 0 Å². The number of thiazole rings is 1. The van der Waals surface area contributed by atoms with Crippen molar-refractivity contribution in [2.45, 2.75) is 52.1 Å². The smallest absolute Gasteiger partial charge is 0.223 e. The van der Waals surface area contributed by atoms with Crippen molar-refractivity contribution < 1.29 is 4.79 Å². The van der Waals surface area contributed by atoms with Crippen LogP contribution in [0.25, 0.3) is 0 Å². The van der Waals surface area contributed by atoms with Gasteiger partial charge in [-0.2, -0.15) is 0 Å². The van der Waals surface area contributed by atoms with Gasteiger partial charge in [-0.25, -0.2) is 4.98 Å². The van der Waals surface area contributed by atoms with Gasteiger partial charge in [0.2, 0.25) is 5.91 Å². The summed E-state index contributed by atoms with van der Waals surface area (Å²) in [6, 6.07) is 0.196. The van der Waals surface area contributed by atoms with E-state index in [1.807, 2.05) is 13.8 Å². The molecule has 2 atom stereocenters. The molecule has 1 fully saturated rings. The van der Waals surface area contributed by atoms with Gasteiger partial charge in [0.05, 0.1) is 17.2 Å². The van der Waals surface area contributed by atoms with E-state index in [0.29, 0.717) is 6.54 Å². The van der Waals surface area contributed by atoms with Crippen LogP contribution in [-0.4, -0.2) is 16.9 Å². The van der Waals surface area contributed by atoms with Gasteiger partial charge in [0.25, 0.3) is 0 Å². The number of halogens is 2. The van der Waals surface area contributed by atoms with Crippen molar-refractivity contribution in [3.05, 3.63) is 15.6 Å². The van der Waals surface area contributed by atoms with Crippen molar-refractivity contribution in [3.63, 3.8) is 0 Å². The Balaban J connectivity index is 0.00000180. The number of hydrogen-bond acceptors (Lipinski definition) is 4. The van der Waals surface area contributed by atoms with Crippen molar-refractivity contribution >= 4 is 42.1 Å². The normalized spacial score (nSPS) is 21.6. The number of nitrogens with zero attached hydrogens (tertiary/aromatic N) is 1. The van der Waals surface area contributed by atoms with Crippen LogP contribution in [0, 0.1) is 19.8 Å². The Morgan fingerprint density at radius 1 is 1.40 bits per heavy atom. The summed E-state index contributed by atoms with van der Waals surface area (Å²) in [5.41, 5.74) is 6.94. The second kappa shape index (κ2) is 8.82. The average molecular weight is 340 g/mol. The summed E-state index contributed by atoms with van der Waals surface area (Å²) in [6.07, 6.45) is 3.92. The Hall–Kier alpha value is -0.360. The van der Waals surface area contributed by atoms with Crippen LogP contribution in [-0.2, 0) is 11.3 Å². The number of rotatable bonds is 3. The van der Waals surface area contributed by atoms with Gasteiger partial charge in [-0.1, -0.05) is 6.42 Å². The van der Waals surface area contributed by atoms with Gasteiger partial charge in [0.1, 0.15) is 0 Å². The molecule has 1 aliphatic rings. The number of nitrogens with one attached hydrogen (secondary N) is 1. The minimum Gasteiger partial charge on any atom is -0.351 e. The fraction of sp³-hybridized carbons (Fsp3) is 0.692. The molecule has 0 aliphatic heterocycles. The Labute approximate surface area is 136 Å². The highest BCUT2D eigenvalue weighted by molar-refractivity contribution is 7.11. The van der Waals surface area contributed by atoms with Crippen molar-refractivity contribution in [2.75, 3.05) is 0 Å². The average Bonchev–Trinajstić information content (AvgIpc) is 2.65. The largest absolute Gasteiger partial charge is 0.351 e. The second-order valence-electron chi connectivity index (χ2n) is 5.08. The third-order valence-corrected chi connectivity index (χ3v) is 4.58. The Kier molecular flexibility index (Phi) is 8.66. The Morgan fingerprint density at radius 2 is 2.10 bits per heavy atom. The molecule has 1 saturated carbocycles. The quantitative estimate of drug-likeness (QED) is 0.889. The fourth-order valence-corrected chi connectivity index (χ4v) is 3.39. The predicted molar refractivity (Wildman–Crippen MR) is 87.9 cm³/mol. The molecule has 0 radical (unpaired) electrons. The zero-order valence-corrected chi connectivity index (χ0v) is 14.3. The van der Waals surface area contributed by atoms with Crippen LogP contribution in [0.4, 0.5) is 0 Å². The van der Waals surface area contributed by atoms with E-state index >= 15 is 0 Å². The van der Waals surface area contributed by atoms with Gasteiger partial charge in [0.15, 0.2) is 0 Å². The number of carbonyl (C=O) groups is 1. The van der Waals surface area contributed by atoms with Crippen LogP contribution < -0.4 is 11.1 Å². The molecule has 116 valence electrons. The summed E-state index contributed by atoms with van der Waals surface area (Å²) in [5.74, 6) is 0.249. The molecule has 3 N–H and O–H groups in total. The second-order valence-corrected chi connectivity index (χ2v) is 6.37. The third-order valence-electron chi connectivity index (χ3n) is 3.51. The van der Waals surface area contributed by atoms with Crippen LogP contribution in [0.15, 0.2) is 0 Å². The lowest BCUT2D eigenvalue weighted by atomic mass is 9.85. The maximum atomic E-state index is 12.1. The molecule has 20 heavy (non-hydrogen) atoms. The van der Waals surface area contributed by atoms with E-state index in [1.165, 1.54) is 0 Å². The summed E-state index contributed by atoms with van der Waals surface area (Å²) >= 11 is 1.65. The highest BCUT2D eigenvalue weighted by Crippen LogP contribution is 2.23. The number of hydrogen-bond donors (Lipinski definition) is 2. The standard InChI is InChI=1S/C13H21N3OS.2ClH/c1-8-12(18-9(2)16-8)7-15-13(17)10-4-3-5-11(14)6-10;;/h10-11H,3-7,14H2,1-2H3,(H,15,17);2*1H. The SMILES string of the molecule is Cc1nc(C)c(CNC(=O)C2CCCC(N)C2)s1.Cl.Cl. The van der Waals surface area contributed by atoms with Crippen molar-refractivity contribution in [2.24, 2.45) is 11.7 Å². The number of nitrogens with two attached hydrogens (primary N) is 1. The maximum Gasteiger partial charge on any atom is 0.223 e. The maximum absolute atomic E-state index is 12.1. The molecule has 4 nitrogen and oxygen atoms in total. The molecule has 0 saturated heterocycles. The molecule has 2 rings (SSSR count). The summed E-state index contributed by atoms with van der Waals surface area (Å²) < 4.78 is 0. The van der Waals surface area contributed by atoms with Gasteiger partial charge in [-0.15, -0.1) is 36.2 Å². The van der Waals surface area contributed by atoms with E-state index in [2.05, 4.69) is 10.3 Å². The minimum atomic E-state index is 0. The minimum absolute atomic E-state index is 0. The number of amides is 1. The van der Waals surface area contributed by atoms with Crippen molar-refractivity contribution in [1.82, 2.24) is 10.3 Å². The molecule has 7 heteroatoms. The first kappa shape index (κ1) is 19.6. The van der Waals surface area contributed by atoms with Gasteiger partial charge < -0.3 is 11.1 Å². The molecule has 1 heterocycles. The van der Waals surface area contributed by atoms with Gasteiger partial charge in [-0.05, 0) is 33.1 Å². The topological polar surface area (TPSA) is 68.0 Å². The molecule has 0 bridgehead atoms. The third kappa shape index (κ3) is 5.20. The molecular weight excluding hydrogens is 317 g/mol. The van der Waals surface area contributed by atoms with Crippen LogP contribution in [0.2, 0.25) is 0 Å². The van der Waals surface area contributed by atoms with E-state index in [-0.39, 0.29) is 42.7 Å². The molecule has 1 amide bonds. The van der Waals surface area contributed by atoms with E-state index < -0.39 is 0 Å². The number of aromatic nitrogens is 1. The first-order valence-corrected chi connectivity index (χ1v) is 7.34. The molecule has 0 aromatic carbocycles. The van der Waals surface area contributed by atoms with Crippen LogP contribution in [0.1, 0.15) is 41.3 Å². The van der Waals surface area contributed by atoms with Crippen LogP contribution >= 0.6 is 36.2 Å². The van der Waals surface area contributed by atoms with Crippen molar-refractivity contribution in [1.29, 1.82) is 0 Å². The molecule has 1 aromatic heterocycles. The zero-order valence-electron chi connectivity index (χ0n) is 11.8. The summed E-state index contributed by atoms with van der Waals surface area (Å²) in [5, 5.41) is 4.07. The van der Waals surface area contributed by atoms with Crippen molar-refractivity contribution in [3.8, 4) is 0 Å². The molecule has 1 aliphatic carbocycles. The Bertz CT molecular complexity index is 439. The predicted octanol–water partition coefficient (Wildman–Crippen LogP) is 2.74. The zero-order chi connectivity index (χ0) is 13.1. The number of carbonyl (C=O) groups excluding carboxylic acids is 1. The first-order valence-electron chi connectivity index (χ1n) is 6.52. The van der Waals surface area contributed by atoms with Gasteiger partial charge in [0, 0.05) is 16.8 Å². The molecule has 2 unspecified atom stereocenters. The van der Waals surface area contributed by atoms with E-state index in [4.69, 9.17) is 5.73 Å². The monoisotopic (exact) mass is 339 g/mol. The summed E-state index contributed by atoms with van der Waals surface area (Å²) in [4.78, 5) is 17.6. The summed E-state index contributed by atoms with van der Waals surface area (Å²) in [7, 11) is 0. The lowest BCUT2D eigenvalue weighted by Gasteiger charge is -2.25. The van der Waals surface area contributed by atoms with E-state index in [0.717, 1.165) is 41.3 Å². The van der Waals surface area contributed by atoms with E-state index in [9.17, 15) is 4.79 Å². The highest BCUT2D eigenvalue weighted by atomic mass is 35.5. The molecular formula is C13H23Cl2N3OS. The fourth-order valence-electron chi connectivity index (χ4n) is 2.51. The van der Waals surface area contributed by atoms with E-state index in [1.54, 1.807) is 11.3 Å². The lowest BCUT2D eigenvalue weighted by Crippen LogP contribution is -2.37. The molecule has 1 aromatic rings. The first-order chi connectivity index (χ1) is 8.56. The summed E-state index contributed by atoms with van der Waals surface area (Å²) in [6.45, 7) is 4.58. The molecule has 0 spiro atoms. The van der Waals surface area contributed by atoms with Gasteiger partial charge in [-0.3, -0.25) is 4.79 Å². The lowest BCUT2D eigenvalue weighted by molar-refractivity contribution is -0.126.